The van der Waals surface area contributed by atoms with E-state index in [1.165, 1.54) is 6.92 Å². The second-order valence-corrected chi connectivity index (χ2v) is 9.38. The number of pyridine rings is 1. The van der Waals surface area contributed by atoms with Crippen LogP contribution in [-0.2, 0) is 14.4 Å². The van der Waals surface area contributed by atoms with Crippen LogP contribution in [0.3, 0.4) is 0 Å². The molecule has 0 radical (unpaired) electrons. The molecule has 0 saturated heterocycles. The Kier molecular flexibility index (Phi) is 8.89. The average molecular weight is 470 g/mol. The topological polar surface area (TPSA) is 146 Å². The average Bonchev–Trinajstić information content (AvgIpc) is 2.79. The summed E-state index contributed by atoms with van der Waals surface area (Å²) in [4.78, 5) is 41.6. The van der Waals surface area contributed by atoms with Gasteiger partial charge >= 0.3 is 0 Å². The first-order valence-corrected chi connectivity index (χ1v) is 11.2. The second kappa shape index (κ2) is 11.2. The molecule has 2 aromatic rings. The Morgan fingerprint density at radius 1 is 1.03 bits per heavy atom. The number of nitrogens with one attached hydrogen (secondary N) is 3. The molecule has 1 aromatic heterocycles. The number of benzene rings is 1. The molecule has 184 valence electrons. The molecule has 1 aromatic carbocycles. The first-order chi connectivity index (χ1) is 15.9. The normalized spacial score (nSPS) is 14.6. The van der Waals surface area contributed by atoms with Gasteiger partial charge in [0.25, 0.3) is 5.91 Å². The Hall–Kier alpha value is -3.30. The quantitative estimate of drug-likeness (QED) is 0.216. The van der Waals surface area contributed by atoms with Crippen LogP contribution in [0, 0.1) is 11.3 Å². The van der Waals surface area contributed by atoms with Crippen molar-refractivity contribution in [2.75, 3.05) is 0 Å². The number of aromatic nitrogens is 1. The Morgan fingerprint density at radius 3 is 2.29 bits per heavy atom. The maximum atomic E-state index is 13.0. The molecule has 2 rings (SSSR count). The SMILES string of the molecule is CC(C)[C@H](NC(=O)C(C)(C)/C=C/c1ccc2cnc([C@@H](C)O)cc2c1)C(=O)N[C@@H](C)C(=O)NN. The molecule has 9 nitrogen and oxygen atoms in total. The van der Waals surface area contributed by atoms with Crippen molar-refractivity contribution in [1.29, 1.82) is 0 Å². The van der Waals surface area contributed by atoms with Gasteiger partial charge in [-0.2, -0.15) is 0 Å². The Balaban J connectivity index is 2.16. The third-order valence-corrected chi connectivity index (χ3v) is 5.60. The van der Waals surface area contributed by atoms with Gasteiger partial charge in [-0.1, -0.05) is 38.1 Å². The van der Waals surface area contributed by atoms with Gasteiger partial charge in [-0.3, -0.25) is 24.8 Å². The zero-order valence-electron chi connectivity index (χ0n) is 20.5. The lowest BCUT2D eigenvalue weighted by Crippen LogP contribution is -2.56. The Labute approximate surface area is 200 Å². The van der Waals surface area contributed by atoms with Crippen LogP contribution in [0.2, 0.25) is 0 Å². The summed E-state index contributed by atoms with van der Waals surface area (Å²) in [6, 6.07) is 6.00. The van der Waals surface area contributed by atoms with E-state index in [4.69, 9.17) is 5.84 Å². The first-order valence-electron chi connectivity index (χ1n) is 11.2. The molecule has 9 heteroatoms. The van der Waals surface area contributed by atoms with Crippen molar-refractivity contribution in [3.63, 3.8) is 0 Å². The van der Waals surface area contributed by atoms with Crippen LogP contribution in [0.25, 0.3) is 16.8 Å². The summed E-state index contributed by atoms with van der Waals surface area (Å²) >= 11 is 0. The first kappa shape index (κ1) is 26.9. The largest absolute Gasteiger partial charge is 0.387 e. The van der Waals surface area contributed by atoms with Crippen molar-refractivity contribution in [2.24, 2.45) is 17.2 Å². The molecule has 0 aliphatic heterocycles. The summed E-state index contributed by atoms with van der Waals surface area (Å²) in [6.07, 6.45) is 4.68. The fraction of sp³-hybridized carbons (Fsp3) is 0.440. The van der Waals surface area contributed by atoms with Gasteiger partial charge in [0.2, 0.25) is 11.8 Å². The third kappa shape index (κ3) is 6.85. The van der Waals surface area contributed by atoms with Crippen LogP contribution in [0.5, 0.6) is 0 Å². The molecular weight excluding hydrogens is 434 g/mol. The van der Waals surface area contributed by atoms with Crippen LogP contribution < -0.4 is 21.9 Å². The van der Waals surface area contributed by atoms with Gasteiger partial charge in [0.15, 0.2) is 0 Å². The summed E-state index contributed by atoms with van der Waals surface area (Å²) < 4.78 is 0. The van der Waals surface area contributed by atoms with Gasteiger partial charge in [-0.25, -0.2) is 5.84 Å². The molecule has 0 bridgehead atoms. The molecule has 0 unspecified atom stereocenters. The third-order valence-electron chi connectivity index (χ3n) is 5.60. The van der Waals surface area contributed by atoms with Crippen molar-refractivity contribution in [3.8, 4) is 0 Å². The summed E-state index contributed by atoms with van der Waals surface area (Å²) in [5, 5.41) is 17.0. The molecule has 1 heterocycles. The summed E-state index contributed by atoms with van der Waals surface area (Å²) in [6.45, 7) is 10.3. The smallest absolute Gasteiger partial charge is 0.256 e. The molecule has 0 saturated carbocycles. The lowest BCUT2D eigenvalue weighted by Gasteiger charge is -2.27. The highest BCUT2D eigenvalue weighted by Crippen LogP contribution is 2.23. The lowest BCUT2D eigenvalue weighted by atomic mass is 9.89. The number of nitrogens with two attached hydrogens (primary N) is 1. The minimum absolute atomic E-state index is 0.200. The van der Waals surface area contributed by atoms with Gasteiger partial charge in [0, 0.05) is 11.6 Å². The fourth-order valence-corrected chi connectivity index (χ4v) is 3.24. The number of carbonyl (C=O) groups is 3. The number of amides is 3. The lowest BCUT2D eigenvalue weighted by molar-refractivity contribution is -0.134. The van der Waals surface area contributed by atoms with E-state index >= 15 is 0 Å². The molecule has 0 fully saturated rings. The number of aliphatic hydroxyl groups excluding tert-OH is 1. The molecule has 0 spiro atoms. The summed E-state index contributed by atoms with van der Waals surface area (Å²) in [5.41, 5.74) is 2.55. The molecule has 3 amide bonds. The maximum Gasteiger partial charge on any atom is 0.256 e. The number of hydrogen-bond donors (Lipinski definition) is 5. The number of nitrogens with zero attached hydrogens (tertiary/aromatic N) is 1. The Morgan fingerprint density at radius 2 is 1.71 bits per heavy atom. The van der Waals surface area contributed by atoms with Crippen molar-refractivity contribution >= 4 is 34.6 Å². The van der Waals surface area contributed by atoms with Gasteiger partial charge in [0.05, 0.1) is 17.2 Å². The zero-order valence-corrected chi connectivity index (χ0v) is 20.5. The molecule has 0 aliphatic carbocycles. The van der Waals surface area contributed by atoms with E-state index in [2.05, 4.69) is 15.6 Å². The summed E-state index contributed by atoms with van der Waals surface area (Å²) in [7, 11) is 0. The van der Waals surface area contributed by atoms with E-state index in [-0.39, 0.29) is 11.8 Å². The van der Waals surface area contributed by atoms with E-state index in [1.54, 1.807) is 33.0 Å². The van der Waals surface area contributed by atoms with E-state index in [9.17, 15) is 19.5 Å². The highest BCUT2D eigenvalue weighted by atomic mass is 16.3. The van der Waals surface area contributed by atoms with E-state index < -0.39 is 35.4 Å². The monoisotopic (exact) mass is 469 g/mol. The standard InChI is InChI=1S/C25H35N5O4/c1-14(2)21(23(33)28-15(3)22(32)30-26)29-24(34)25(5,6)10-9-17-7-8-18-13-27-20(16(4)31)12-19(18)11-17/h7-16,21,31H,26H2,1-6H3,(H,28,33)(H,29,34)(H,30,32)/b10-9+/t15-,16+,21-/m0/s1. The molecule has 34 heavy (non-hydrogen) atoms. The zero-order chi connectivity index (χ0) is 25.6. The highest BCUT2D eigenvalue weighted by Gasteiger charge is 2.32. The van der Waals surface area contributed by atoms with Gasteiger partial charge < -0.3 is 15.7 Å². The number of fused-ring (bicyclic) bond motifs is 1. The van der Waals surface area contributed by atoms with Gasteiger partial charge in [-0.15, -0.1) is 0 Å². The minimum atomic E-state index is -0.911. The van der Waals surface area contributed by atoms with Crippen LogP contribution >= 0.6 is 0 Å². The van der Waals surface area contributed by atoms with Crippen molar-refractivity contribution in [2.45, 2.75) is 59.7 Å². The molecule has 3 atom stereocenters. The number of hydrazine groups is 1. The summed E-state index contributed by atoms with van der Waals surface area (Å²) in [5.74, 6) is 3.60. The minimum Gasteiger partial charge on any atom is -0.387 e. The van der Waals surface area contributed by atoms with Crippen LogP contribution in [0.15, 0.2) is 36.5 Å². The highest BCUT2D eigenvalue weighted by molar-refractivity contribution is 5.94. The van der Waals surface area contributed by atoms with Crippen LogP contribution in [0.4, 0.5) is 0 Å². The second-order valence-electron chi connectivity index (χ2n) is 9.38. The fourth-order valence-electron chi connectivity index (χ4n) is 3.24. The predicted octanol–water partition coefficient (Wildman–Crippen LogP) is 1.96. The van der Waals surface area contributed by atoms with Gasteiger partial charge in [0.1, 0.15) is 12.1 Å². The van der Waals surface area contributed by atoms with Crippen molar-refractivity contribution < 1.29 is 19.5 Å². The number of aliphatic hydroxyl groups is 1. The molecule has 0 aliphatic rings. The number of carbonyl (C=O) groups excluding carboxylic acids is 3. The van der Waals surface area contributed by atoms with Gasteiger partial charge in [-0.05, 0) is 56.7 Å². The molecule has 6 N–H and O–H groups in total. The van der Waals surface area contributed by atoms with Crippen LogP contribution in [0.1, 0.15) is 58.9 Å². The predicted molar refractivity (Wildman–Crippen MR) is 132 cm³/mol. The molecular formula is C25H35N5O4. The van der Waals surface area contributed by atoms with E-state index in [0.29, 0.717) is 5.69 Å². The van der Waals surface area contributed by atoms with E-state index in [1.807, 2.05) is 49.6 Å². The van der Waals surface area contributed by atoms with E-state index in [0.717, 1.165) is 16.3 Å². The van der Waals surface area contributed by atoms with Crippen molar-refractivity contribution in [3.05, 3.63) is 47.8 Å². The maximum absolute atomic E-state index is 13.0. The van der Waals surface area contributed by atoms with Crippen molar-refractivity contribution in [1.82, 2.24) is 21.0 Å². The van der Waals surface area contributed by atoms with Crippen LogP contribution in [-0.4, -0.2) is 39.9 Å². The number of rotatable bonds is 9. The number of hydrogen-bond acceptors (Lipinski definition) is 6. The Bertz CT molecular complexity index is 1080.